The number of carbonyl (C=O) groups is 3. The first-order chi connectivity index (χ1) is 12.4. The predicted molar refractivity (Wildman–Crippen MR) is 95.1 cm³/mol. The van der Waals surface area contributed by atoms with Gasteiger partial charge in [0, 0.05) is 17.7 Å². The van der Waals surface area contributed by atoms with E-state index in [1.54, 1.807) is 12.1 Å². The summed E-state index contributed by atoms with van der Waals surface area (Å²) in [7, 11) is 0. The number of aliphatic carboxylic acids is 1. The third-order valence-corrected chi connectivity index (χ3v) is 3.25. The maximum Gasteiger partial charge on any atom is 0.303 e. The van der Waals surface area contributed by atoms with Crippen molar-refractivity contribution >= 4 is 29.7 Å². The molecule has 0 saturated heterocycles. The van der Waals surface area contributed by atoms with Crippen LogP contribution in [0.15, 0.2) is 53.6 Å². The number of phenolic OH excluding ortho intramolecular Hbond substituents is 1. The Bertz CT molecular complexity index is 831. The number of anilines is 1. The van der Waals surface area contributed by atoms with E-state index in [0.29, 0.717) is 16.8 Å². The molecule has 8 nitrogen and oxygen atoms in total. The van der Waals surface area contributed by atoms with E-state index < -0.39 is 17.8 Å². The largest absolute Gasteiger partial charge is 0.508 e. The normalized spacial score (nSPS) is 10.5. The fraction of sp³-hybridized carbons (Fsp3) is 0.111. The van der Waals surface area contributed by atoms with Gasteiger partial charge in [0.15, 0.2) is 0 Å². The minimum atomic E-state index is -1.04. The number of rotatable bonds is 7. The Hall–Kier alpha value is -3.68. The van der Waals surface area contributed by atoms with E-state index in [4.69, 9.17) is 5.11 Å². The number of hydrogen-bond acceptors (Lipinski definition) is 5. The van der Waals surface area contributed by atoms with Gasteiger partial charge in [-0.15, -0.1) is 0 Å². The van der Waals surface area contributed by atoms with Gasteiger partial charge in [-0.1, -0.05) is 12.1 Å². The number of carbonyl (C=O) groups excluding carboxylic acids is 2. The smallest absolute Gasteiger partial charge is 0.303 e. The maximum absolute atomic E-state index is 12.0. The molecule has 2 aromatic carbocycles. The van der Waals surface area contributed by atoms with Gasteiger partial charge in [-0.25, -0.2) is 5.43 Å². The summed E-state index contributed by atoms with van der Waals surface area (Å²) in [4.78, 5) is 34.0. The van der Waals surface area contributed by atoms with Crippen LogP contribution in [0.1, 0.15) is 28.8 Å². The van der Waals surface area contributed by atoms with Crippen LogP contribution in [0.2, 0.25) is 0 Å². The van der Waals surface area contributed by atoms with Crippen LogP contribution in [-0.2, 0) is 9.59 Å². The second-order valence-electron chi connectivity index (χ2n) is 5.31. The van der Waals surface area contributed by atoms with E-state index >= 15 is 0 Å². The Kier molecular flexibility index (Phi) is 6.44. The van der Waals surface area contributed by atoms with Crippen LogP contribution in [-0.4, -0.2) is 34.2 Å². The Balaban J connectivity index is 1.88. The van der Waals surface area contributed by atoms with Crippen molar-refractivity contribution in [3.8, 4) is 5.75 Å². The van der Waals surface area contributed by atoms with Crippen LogP contribution in [0.3, 0.4) is 0 Å². The summed E-state index contributed by atoms with van der Waals surface area (Å²) in [6, 6.07) is 12.5. The van der Waals surface area contributed by atoms with Crippen molar-refractivity contribution in [2.24, 2.45) is 5.10 Å². The van der Waals surface area contributed by atoms with Crippen molar-refractivity contribution < 1.29 is 24.6 Å². The molecule has 0 aliphatic carbocycles. The standard InChI is InChI=1S/C18H17N3O5/c22-15-3-1-2-12(10-15)11-19-21-18(26)13-4-6-14(7-5-13)20-16(23)8-9-17(24)25/h1-7,10-11,22H,8-9H2,(H,20,23)(H,21,26)(H,24,25)/b19-11-. The van der Waals surface area contributed by atoms with Gasteiger partial charge in [0.1, 0.15) is 5.75 Å². The van der Waals surface area contributed by atoms with E-state index in [1.807, 2.05) is 0 Å². The highest BCUT2D eigenvalue weighted by atomic mass is 16.4. The fourth-order valence-corrected chi connectivity index (χ4v) is 1.98. The topological polar surface area (TPSA) is 128 Å². The number of hydrogen-bond donors (Lipinski definition) is 4. The summed E-state index contributed by atoms with van der Waals surface area (Å²) in [5.74, 6) is -1.80. The molecule has 0 fully saturated rings. The molecule has 2 rings (SSSR count). The third-order valence-electron chi connectivity index (χ3n) is 3.25. The van der Waals surface area contributed by atoms with E-state index in [1.165, 1.54) is 42.6 Å². The van der Waals surface area contributed by atoms with E-state index in [0.717, 1.165) is 0 Å². The van der Waals surface area contributed by atoms with Crippen molar-refractivity contribution in [1.82, 2.24) is 5.43 Å². The summed E-state index contributed by atoms with van der Waals surface area (Å²) in [5.41, 5.74) is 3.78. The van der Waals surface area contributed by atoms with Gasteiger partial charge in [-0.2, -0.15) is 5.10 Å². The van der Waals surface area contributed by atoms with Gasteiger partial charge in [0.25, 0.3) is 5.91 Å². The highest BCUT2D eigenvalue weighted by Crippen LogP contribution is 2.11. The van der Waals surface area contributed by atoms with E-state index in [-0.39, 0.29) is 18.6 Å². The second kappa shape index (κ2) is 8.97. The Morgan fingerprint density at radius 1 is 1.04 bits per heavy atom. The number of amides is 2. The zero-order chi connectivity index (χ0) is 18.9. The number of phenols is 1. The first kappa shape index (κ1) is 18.7. The minimum Gasteiger partial charge on any atom is -0.508 e. The molecule has 2 aromatic rings. The monoisotopic (exact) mass is 355 g/mol. The lowest BCUT2D eigenvalue weighted by Crippen LogP contribution is -2.18. The van der Waals surface area contributed by atoms with Crippen molar-refractivity contribution in [2.45, 2.75) is 12.8 Å². The van der Waals surface area contributed by atoms with Crippen LogP contribution in [0, 0.1) is 0 Å². The molecule has 0 spiro atoms. The van der Waals surface area contributed by atoms with E-state index in [9.17, 15) is 19.5 Å². The molecule has 0 aliphatic heterocycles. The number of carboxylic acid groups (broad SMARTS) is 1. The summed E-state index contributed by atoms with van der Waals surface area (Å²) in [5, 5.41) is 24.2. The summed E-state index contributed by atoms with van der Waals surface area (Å²) >= 11 is 0. The number of nitrogens with one attached hydrogen (secondary N) is 2. The molecule has 0 heterocycles. The number of hydrazone groups is 1. The number of nitrogens with zero attached hydrogens (tertiary/aromatic N) is 1. The van der Waals surface area contributed by atoms with Crippen LogP contribution >= 0.6 is 0 Å². The van der Waals surface area contributed by atoms with Gasteiger partial charge in [0.05, 0.1) is 12.6 Å². The SMILES string of the molecule is O=C(O)CCC(=O)Nc1ccc(C(=O)N/N=C\c2cccc(O)c2)cc1. The van der Waals surface area contributed by atoms with Crippen LogP contribution < -0.4 is 10.7 Å². The highest BCUT2D eigenvalue weighted by molar-refractivity contribution is 5.96. The molecule has 0 aromatic heterocycles. The fourth-order valence-electron chi connectivity index (χ4n) is 1.98. The average Bonchev–Trinajstić information content (AvgIpc) is 2.60. The first-order valence-corrected chi connectivity index (χ1v) is 7.68. The molecular formula is C18H17N3O5. The Morgan fingerprint density at radius 2 is 1.77 bits per heavy atom. The van der Waals surface area contributed by atoms with E-state index in [2.05, 4.69) is 15.8 Å². The van der Waals surface area contributed by atoms with Gasteiger partial charge >= 0.3 is 5.97 Å². The predicted octanol–water partition coefficient (Wildman–Crippen LogP) is 1.96. The van der Waals surface area contributed by atoms with Crippen molar-refractivity contribution in [3.05, 3.63) is 59.7 Å². The molecule has 4 N–H and O–H groups in total. The zero-order valence-corrected chi connectivity index (χ0v) is 13.7. The molecule has 134 valence electrons. The van der Waals surface area contributed by atoms with Crippen LogP contribution in [0.5, 0.6) is 5.75 Å². The van der Waals surface area contributed by atoms with Gasteiger partial charge < -0.3 is 15.5 Å². The van der Waals surface area contributed by atoms with Crippen molar-refractivity contribution in [2.75, 3.05) is 5.32 Å². The third kappa shape index (κ3) is 6.08. The number of carboxylic acids is 1. The van der Waals surface area contributed by atoms with Crippen LogP contribution in [0.25, 0.3) is 0 Å². The van der Waals surface area contributed by atoms with Gasteiger partial charge in [-0.05, 0) is 42.0 Å². The van der Waals surface area contributed by atoms with Crippen molar-refractivity contribution in [3.63, 3.8) is 0 Å². The summed E-state index contributed by atoms with van der Waals surface area (Å²) in [6.45, 7) is 0. The molecule has 2 amide bonds. The maximum atomic E-state index is 12.0. The molecule has 26 heavy (non-hydrogen) atoms. The Morgan fingerprint density at radius 3 is 2.42 bits per heavy atom. The summed E-state index contributed by atoms with van der Waals surface area (Å²) < 4.78 is 0. The Labute approximate surface area is 149 Å². The molecule has 0 bridgehead atoms. The minimum absolute atomic E-state index is 0.0984. The molecular weight excluding hydrogens is 338 g/mol. The lowest BCUT2D eigenvalue weighted by atomic mass is 10.2. The number of aromatic hydroxyl groups is 1. The quantitative estimate of drug-likeness (QED) is 0.446. The second-order valence-corrected chi connectivity index (χ2v) is 5.31. The van der Waals surface area contributed by atoms with Crippen molar-refractivity contribution in [1.29, 1.82) is 0 Å². The molecule has 0 radical (unpaired) electrons. The van der Waals surface area contributed by atoms with Gasteiger partial charge in [0.2, 0.25) is 5.91 Å². The molecule has 0 saturated carbocycles. The lowest BCUT2D eigenvalue weighted by Gasteiger charge is -2.05. The number of benzene rings is 2. The molecule has 0 atom stereocenters. The zero-order valence-electron chi connectivity index (χ0n) is 13.7. The molecule has 8 heteroatoms. The molecule has 0 unspecified atom stereocenters. The van der Waals surface area contributed by atoms with Crippen LogP contribution in [0.4, 0.5) is 5.69 Å². The molecule has 0 aliphatic rings. The summed E-state index contributed by atoms with van der Waals surface area (Å²) in [6.07, 6.45) is 1.03. The highest BCUT2D eigenvalue weighted by Gasteiger charge is 2.07. The average molecular weight is 355 g/mol. The van der Waals surface area contributed by atoms with Gasteiger partial charge in [-0.3, -0.25) is 14.4 Å². The first-order valence-electron chi connectivity index (χ1n) is 7.68. The lowest BCUT2D eigenvalue weighted by molar-refractivity contribution is -0.138.